The van der Waals surface area contributed by atoms with Crippen LogP contribution in [0.2, 0.25) is 0 Å². The van der Waals surface area contributed by atoms with Crippen molar-refractivity contribution < 1.29 is 14.7 Å². The lowest BCUT2D eigenvalue weighted by atomic mass is 10.4. The van der Waals surface area contributed by atoms with E-state index < -0.39 is 5.97 Å². The second kappa shape index (κ2) is 6.00. The maximum absolute atomic E-state index is 11.5. The van der Waals surface area contributed by atoms with Crippen molar-refractivity contribution in [2.45, 2.75) is 19.9 Å². The van der Waals surface area contributed by atoms with Gasteiger partial charge in [-0.15, -0.1) is 0 Å². The number of carboxylic acids is 1. The van der Waals surface area contributed by atoms with E-state index in [-0.39, 0.29) is 25.0 Å². The van der Waals surface area contributed by atoms with Crippen LogP contribution in [-0.2, 0) is 9.59 Å². The first-order valence-corrected chi connectivity index (χ1v) is 5.26. The average molecular weight is 240 g/mol. The summed E-state index contributed by atoms with van der Waals surface area (Å²) in [5, 5.41) is 17.6. The predicted molar refractivity (Wildman–Crippen MR) is 61.7 cm³/mol. The zero-order chi connectivity index (χ0) is 12.8. The Morgan fingerprint density at radius 3 is 2.76 bits per heavy atom. The van der Waals surface area contributed by atoms with Crippen LogP contribution < -0.4 is 10.6 Å². The molecule has 1 aromatic heterocycles. The molecule has 0 aliphatic heterocycles. The number of hydrogen-bond donors (Lipinski definition) is 3. The van der Waals surface area contributed by atoms with E-state index in [1.165, 1.54) is 0 Å². The maximum Gasteiger partial charge on any atom is 0.317 e. The number of carboxylic acid groups (broad SMARTS) is 1. The molecular weight excluding hydrogens is 224 g/mol. The fraction of sp³-hybridized carbons (Fsp3) is 0.500. The van der Waals surface area contributed by atoms with Gasteiger partial charge >= 0.3 is 5.97 Å². The number of aromatic nitrogens is 2. The molecule has 0 fully saturated rings. The molecule has 7 heteroatoms. The summed E-state index contributed by atoms with van der Waals surface area (Å²) in [5.41, 5.74) is 0. The van der Waals surface area contributed by atoms with Gasteiger partial charge < -0.3 is 10.4 Å². The number of nitrogens with one attached hydrogen (secondary N) is 2. The molecule has 7 nitrogen and oxygen atoms in total. The van der Waals surface area contributed by atoms with Crippen molar-refractivity contribution >= 4 is 17.7 Å². The highest BCUT2D eigenvalue weighted by Crippen LogP contribution is 2.12. The Kier molecular flexibility index (Phi) is 4.65. The maximum atomic E-state index is 11.5. The van der Waals surface area contributed by atoms with E-state index in [1.54, 1.807) is 16.9 Å². The largest absolute Gasteiger partial charge is 0.480 e. The summed E-state index contributed by atoms with van der Waals surface area (Å²) in [6.07, 6.45) is 1.60. The van der Waals surface area contributed by atoms with Gasteiger partial charge in [0.25, 0.3) is 0 Å². The molecule has 0 radical (unpaired) electrons. The van der Waals surface area contributed by atoms with Crippen LogP contribution in [0.4, 0.5) is 5.82 Å². The molecule has 1 aromatic rings. The van der Waals surface area contributed by atoms with Crippen molar-refractivity contribution in [1.29, 1.82) is 0 Å². The summed E-state index contributed by atoms with van der Waals surface area (Å²) in [6.45, 7) is 3.61. The predicted octanol–water partition coefficient (Wildman–Crippen LogP) is 0.0767. The lowest BCUT2D eigenvalue weighted by molar-refractivity contribution is -0.135. The second-order valence-corrected chi connectivity index (χ2v) is 3.80. The Labute approximate surface area is 98.8 Å². The highest BCUT2D eigenvalue weighted by molar-refractivity contribution is 5.91. The van der Waals surface area contributed by atoms with Crippen LogP contribution in [0.1, 0.15) is 19.9 Å². The minimum Gasteiger partial charge on any atom is -0.480 e. The Bertz CT molecular complexity index is 400. The van der Waals surface area contributed by atoms with Gasteiger partial charge in [0.2, 0.25) is 5.91 Å². The molecule has 1 heterocycles. The summed E-state index contributed by atoms with van der Waals surface area (Å²) in [6, 6.07) is 1.84. The molecule has 0 atom stereocenters. The van der Waals surface area contributed by atoms with Gasteiger partial charge in [0.05, 0.1) is 19.3 Å². The summed E-state index contributed by atoms with van der Waals surface area (Å²) < 4.78 is 1.68. The fourth-order valence-electron chi connectivity index (χ4n) is 1.29. The van der Waals surface area contributed by atoms with Crippen molar-refractivity contribution in [2.75, 3.05) is 18.4 Å². The molecule has 0 saturated carbocycles. The summed E-state index contributed by atoms with van der Waals surface area (Å²) in [4.78, 5) is 21.7. The number of aliphatic carboxylic acids is 1. The van der Waals surface area contributed by atoms with Crippen LogP contribution in [0.5, 0.6) is 0 Å². The molecule has 94 valence electrons. The molecule has 17 heavy (non-hydrogen) atoms. The van der Waals surface area contributed by atoms with E-state index in [2.05, 4.69) is 15.7 Å². The van der Waals surface area contributed by atoms with Crippen LogP contribution in [0, 0.1) is 0 Å². The Hall–Kier alpha value is -1.89. The quantitative estimate of drug-likeness (QED) is 0.654. The number of carbonyl (C=O) groups excluding carboxylic acids is 1. The first-order chi connectivity index (χ1) is 8.00. The summed E-state index contributed by atoms with van der Waals surface area (Å²) in [7, 11) is 0. The molecule has 0 unspecified atom stereocenters. The fourth-order valence-corrected chi connectivity index (χ4v) is 1.29. The minimum absolute atomic E-state index is 0.0461. The lowest BCUT2D eigenvalue weighted by Crippen LogP contribution is -2.32. The van der Waals surface area contributed by atoms with Gasteiger partial charge in [0.1, 0.15) is 5.82 Å². The van der Waals surface area contributed by atoms with E-state index in [4.69, 9.17) is 5.11 Å². The van der Waals surface area contributed by atoms with Gasteiger partial charge in [-0.25, -0.2) is 4.68 Å². The van der Waals surface area contributed by atoms with E-state index in [9.17, 15) is 9.59 Å². The monoisotopic (exact) mass is 240 g/mol. The Morgan fingerprint density at radius 2 is 2.18 bits per heavy atom. The van der Waals surface area contributed by atoms with Crippen molar-refractivity contribution in [1.82, 2.24) is 15.1 Å². The Morgan fingerprint density at radius 1 is 1.47 bits per heavy atom. The Balaban J connectivity index is 2.45. The second-order valence-electron chi connectivity index (χ2n) is 3.80. The molecule has 0 aliphatic rings. The minimum atomic E-state index is -0.995. The van der Waals surface area contributed by atoms with Gasteiger partial charge in [-0.3, -0.25) is 14.9 Å². The number of nitrogens with zero attached hydrogens (tertiary/aromatic N) is 2. The molecule has 1 rings (SSSR count). The third kappa shape index (κ3) is 4.23. The van der Waals surface area contributed by atoms with Gasteiger partial charge in [0.15, 0.2) is 0 Å². The first-order valence-electron chi connectivity index (χ1n) is 5.26. The number of hydrogen-bond acceptors (Lipinski definition) is 4. The SMILES string of the molecule is CC(C)n1nccc1NC(=O)CNCC(=O)O. The standard InChI is InChI=1S/C10H16N4O3/c1-7(2)14-8(3-4-12-14)13-9(15)5-11-6-10(16)17/h3-4,7,11H,5-6H2,1-2H3,(H,13,15)(H,16,17). The molecule has 1 amide bonds. The van der Waals surface area contributed by atoms with Crippen molar-refractivity contribution in [3.63, 3.8) is 0 Å². The van der Waals surface area contributed by atoms with Crippen LogP contribution >= 0.6 is 0 Å². The zero-order valence-electron chi connectivity index (χ0n) is 9.80. The first kappa shape index (κ1) is 13.2. The highest BCUT2D eigenvalue weighted by Gasteiger charge is 2.09. The van der Waals surface area contributed by atoms with Crippen molar-refractivity contribution in [2.24, 2.45) is 0 Å². The van der Waals surface area contributed by atoms with Crippen LogP contribution in [0.3, 0.4) is 0 Å². The van der Waals surface area contributed by atoms with Gasteiger partial charge in [-0.2, -0.15) is 5.10 Å². The number of anilines is 1. The van der Waals surface area contributed by atoms with Gasteiger partial charge in [0, 0.05) is 12.1 Å². The van der Waals surface area contributed by atoms with E-state index in [1.807, 2.05) is 13.8 Å². The number of rotatable bonds is 6. The van der Waals surface area contributed by atoms with Crippen LogP contribution in [-0.4, -0.2) is 39.9 Å². The van der Waals surface area contributed by atoms with Crippen molar-refractivity contribution in [3.8, 4) is 0 Å². The molecule has 0 bridgehead atoms. The highest BCUT2D eigenvalue weighted by atomic mass is 16.4. The van der Waals surface area contributed by atoms with Gasteiger partial charge in [-0.05, 0) is 13.8 Å². The molecule has 3 N–H and O–H groups in total. The van der Waals surface area contributed by atoms with E-state index >= 15 is 0 Å². The van der Waals surface area contributed by atoms with Crippen LogP contribution in [0.25, 0.3) is 0 Å². The van der Waals surface area contributed by atoms with Crippen molar-refractivity contribution in [3.05, 3.63) is 12.3 Å². The molecule has 0 spiro atoms. The molecular formula is C10H16N4O3. The normalized spacial score (nSPS) is 10.5. The number of amides is 1. The molecule has 0 aliphatic carbocycles. The third-order valence-electron chi connectivity index (χ3n) is 1.99. The van der Waals surface area contributed by atoms with Gasteiger partial charge in [-0.1, -0.05) is 0 Å². The zero-order valence-corrected chi connectivity index (χ0v) is 9.80. The topological polar surface area (TPSA) is 96.3 Å². The van der Waals surface area contributed by atoms with E-state index in [0.29, 0.717) is 5.82 Å². The molecule has 0 aromatic carbocycles. The summed E-state index contributed by atoms with van der Waals surface area (Å²) >= 11 is 0. The molecule has 0 saturated heterocycles. The number of carbonyl (C=O) groups is 2. The smallest absolute Gasteiger partial charge is 0.317 e. The summed E-state index contributed by atoms with van der Waals surface area (Å²) in [5.74, 6) is -0.694. The van der Waals surface area contributed by atoms with E-state index in [0.717, 1.165) is 0 Å². The average Bonchev–Trinajstić information content (AvgIpc) is 2.65. The third-order valence-corrected chi connectivity index (χ3v) is 1.99. The lowest BCUT2D eigenvalue weighted by Gasteiger charge is -2.11. The van der Waals surface area contributed by atoms with Crippen LogP contribution in [0.15, 0.2) is 12.3 Å².